The predicted octanol–water partition coefficient (Wildman–Crippen LogP) is 1.58. The molecule has 1 aromatic rings. The first-order valence-corrected chi connectivity index (χ1v) is 9.92. The number of halogens is 1. The summed E-state index contributed by atoms with van der Waals surface area (Å²) in [6.45, 7) is 4.42. The maximum absolute atomic E-state index is 12.7. The van der Waals surface area contributed by atoms with Gasteiger partial charge in [-0.2, -0.15) is 4.31 Å². The summed E-state index contributed by atoms with van der Waals surface area (Å²) in [5.74, 6) is 0.243. The van der Waals surface area contributed by atoms with Crippen LogP contribution in [-0.2, 0) is 20.6 Å². The quantitative estimate of drug-likeness (QED) is 0.774. The zero-order valence-electron chi connectivity index (χ0n) is 11.7. The normalized spacial score (nSPS) is 25.5. The van der Waals surface area contributed by atoms with E-state index in [1.807, 2.05) is 0 Å². The highest BCUT2D eigenvalue weighted by atomic mass is 35.5. The van der Waals surface area contributed by atoms with Crippen LogP contribution in [0.15, 0.2) is 16.3 Å². The van der Waals surface area contributed by atoms with Crippen molar-refractivity contribution in [3.63, 3.8) is 0 Å². The van der Waals surface area contributed by atoms with Crippen molar-refractivity contribution in [2.45, 2.75) is 23.2 Å². The van der Waals surface area contributed by atoms with Crippen LogP contribution in [0.5, 0.6) is 0 Å². The number of rotatable bonds is 4. The van der Waals surface area contributed by atoms with Crippen molar-refractivity contribution < 1.29 is 13.2 Å². The van der Waals surface area contributed by atoms with Crippen LogP contribution in [0.1, 0.15) is 11.3 Å². The fourth-order valence-corrected chi connectivity index (χ4v) is 6.13. The summed E-state index contributed by atoms with van der Waals surface area (Å²) in [5, 5.41) is 1.79. The molecule has 0 saturated carbocycles. The molecule has 1 atom stereocenters. The van der Waals surface area contributed by atoms with Gasteiger partial charge in [0.1, 0.15) is 0 Å². The van der Waals surface area contributed by atoms with Gasteiger partial charge in [0.15, 0.2) is 0 Å². The van der Waals surface area contributed by atoms with E-state index < -0.39 is 10.0 Å². The third kappa shape index (κ3) is 3.13. The van der Waals surface area contributed by atoms with Gasteiger partial charge in [0.25, 0.3) is 0 Å². The molecule has 1 unspecified atom stereocenters. The van der Waals surface area contributed by atoms with E-state index in [4.69, 9.17) is 16.3 Å². The van der Waals surface area contributed by atoms with E-state index in [0.717, 1.165) is 37.6 Å². The molecule has 0 amide bonds. The van der Waals surface area contributed by atoms with E-state index in [0.29, 0.717) is 24.0 Å². The third-order valence-electron chi connectivity index (χ3n) is 4.13. The summed E-state index contributed by atoms with van der Waals surface area (Å²) >= 11 is 7.24. The van der Waals surface area contributed by atoms with Gasteiger partial charge in [-0.05, 0) is 17.9 Å². The van der Waals surface area contributed by atoms with Crippen LogP contribution in [-0.4, -0.2) is 63.1 Å². The highest BCUT2D eigenvalue weighted by Gasteiger charge is 2.36. The Labute approximate surface area is 134 Å². The summed E-state index contributed by atoms with van der Waals surface area (Å²) in [7, 11) is -3.41. The first kappa shape index (κ1) is 15.7. The Kier molecular flexibility index (Phi) is 4.87. The Morgan fingerprint density at radius 1 is 1.33 bits per heavy atom. The molecule has 0 spiro atoms. The number of morpholine rings is 1. The molecule has 2 fully saturated rings. The van der Waals surface area contributed by atoms with Crippen molar-refractivity contribution in [1.29, 1.82) is 0 Å². The standard InChI is InChI=1S/C13H19ClN2O3S2/c14-9-12-13(2-8-20-12)21(17,18)16-3-1-11(10-16)15-4-6-19-7-5-15/h2,8,11H,1,3-7,9-10H2. The molecule has 1 aromatic heterocycles. The van der Waals surface area contributed by atoms with Gasteiger partial charge in [-0.25, -0.2) is 8.42 Å². The number of sulfonamides is 1. The van der Waals surface area contributed by atoms with Gasteiger partial charge in [0.2, 0.25) is 10.0 Å². The Morgan fingerprint density at radius 2 is 2.10 bits per heavy atom. The van der Waals surface area contributed by atoms with Gasteiger partial charge in [0, 0.05) is 37.1 Å². The molecule has 21 heavy (non-hydrogen) atoms. The summed E-state index contributed by atoms with van der Waals surface area (Å²) in [5.41, 5.74) is 0. The second-order valence-corrected chi connectivity index (χ2v) is 8.47. The molecule has 5 nitrogen and oxygen atoms in total. The van der Waals surface area contributed by atoms with Crippen molar-refractivity contribution in [3.8, 4) is 0 Å². The fraction of sp³-hybridized carbons (Fsp3) is 0.692. The summed E-state index contributed by atoms with van der Waals surface area (Å²) in [6, 6.07) is 1.97. The summed E-state index contributed by atoms with van der Waals surface area (Å²) in [4.78, 5) is 3.45. The van der Waals surface area contributed by atoms with Gasteiger partial charge in [0.05, 0.1) is 24.0 Å². The van der Waals surface area contributed by atoms with Crippen LogP contribution < -0.4 is 0 Å². The van der Waals surface area contributed by atoms with Crippen LogP contribution in [0.2, 0.25) is 0 Å². The number of alkyl halides is 1. The average molecular weight is 351 g/mol. The minimum atomic E-state index is -3.41. The maximum atomic E-state index is 12.7. The third-order valence-corrected chi connectivity index (χ3v) is 7.56. The average Bonchev–Trinajstić information content (AvgIpc) is 3.17. The molecule has 0 aromatic carbocycles. The van der Waals surface area contributed by atoms with Crippen LogP contribution in [0.4, 0.5) is 0 Å². The number of ether oxygens (including phenoxy) is 1. The lowest BCUT2D eigenvalue weighted by molar-refractivity contribution is 0.0197. The molecule has 0 aliphatic carbocycles. The number of thiophene rings is 1. The Hall–Kier alpha value is -0.180. The van der Waals surface area contributed by atoms with Gasteiger partial charge in [-0.1, -0.05) is 0 Å². The number of nitrogens with zero attached hydrogens (tertiary/aromatic N) is 2. The number of hydrogen-bond donors (Lipinski definition) is 0. The predicted molar refractivity (Wildman–Crippen MR) is 83.4 cm³/mol. The molecule has 0 bridgehead atoms. The molecule has 3 rings (SSSR count). The van der Waals surface area contributed by atoms with E-state index in [1.54, 1.807) is 15.8 Å². The highest BCUT2D eigenvalue weighted by Crippen LogP contribution is 2.29. The van der Waals surface area contributed by atoms with E-state index in [1.165, 1.54) is 11.3 Å². The topological polar surface area (TPSA) is 49.9 Å². The summed E-state index contributed by atoms with van der Waals surface area (Å²) < 4.78 is 32.4. The highest BCUT2D eigenvalue weighted by molar-refractivity contribution is 7.89. The minimum Gasteiger partial charge on any atom is -0.379 e. The molecule has 8 heteroatoms. The van der Waals surface area contributed by atoms with Crippen molar-refractivity contribution in [1.82, 2.24) is 9.21 Å². The van der Waals surface area contributed by atoms with E-state index in [9.17, 15) is 8.42 Å². The lowest BCUT2D eigenvalue weighted by atomic mass is 10.2. The molecule has 0 radical (unpaired) electrons. The van der Waals surface area contributed by atoms with E-state index in [2.05, 4.69) is 4.90 Å². The van der Waals surface area contributed by atoms with Crippen LogP contribution in [0.25, 0.3) is 0 Å². The first-order valence-electron chi connectivity index (χ1n) is 7.07. The minimum absolute atomic E-state index is 0.243. The largest absolute Gasteiger partial charge is 0.379 e. The van der Waals surface area contributed by atoms with Crippen molar-refractivity contribution in [2.24, 2.45) is 0 Å². The van der Waals surface area contributed by atoms with Crippen LogP contribution >= 0.6 is 22.9 Å². The first-order chi connectivity index (χ1) is 10.1. The van der Waals surface area contributed by atoms with Crippen LogP contribution in [0, 0.1) is 0 Å². The lowest BCUT2D eigenvalue weighted by Crippen LogP contribution is -2.45. The van der Waals surface area contributed by atoms with Crippen LogP contribution in [0.3, 0.4) is 0 Å². The molecule has 3 heterocycles. The number of hydrogen-bond acceptors (Lipinski definition) is 5. The molecule has 118 valence electrons. The van der Waals surface area contributed by atoms with Crippen molar-refractivity contribution in [3.05, 3.63) is 16.3 Å². The smallest absolute Gasteiger partial charge is 0.244 e. The Balaban J connectivity index is 1.73. The summed E-state index contributed by atoms with van der Waals surface area (Å²) in [6.07, 6.45) is 0.888. The lowest BCUT2D eigenvalue weighted by Gasteiger charge is -2.32. The fourth-order valence-electron chi connectivity index (χ4n) is 2.96. The molecule has 2 saturated heterocycles. The maximum Gasteiger partial charge on any atom is 0.244 e. The van der Waals surface area contributed by atoms with E-state index >= 15 is 0 Å². The monoisotopic (exact) mass is 350 g/mol. The van der Waals surface area contributed by atoms with Gasteiger partial charge in [-0.3, -0.25) is 4.90 Å². The Morgan fingerprint density at radius 3 is 2.81 bits per heavy atom. The molecule has 0 N–H and O–H groups in total. The van der Waals surface area contributed by atoms with Gasteiger partial charge < -0.3 is 4.74 Å². The zero-order valence-corrected chi connectivity index (χ0v) is 14.1. The van der Waals surface area contributed by atoms with Crippen molar-refractivity contribution >= 4 is 33.0 Å². The Bertz CT molecular complexity index is 584. The molecule has 2 aliphatic heterocycles. The molecule has 2 aliphatic rings. The second-order valence-electron chi connectivity index (χ2n) is 5.30. The zero-order chi connectivity index (χ0) is 14.9. The van der Waals surface area contributed by atoms with Crippen molar-refractivity contribution in [2.75, 3.05) is 39.4 Å². The van der Waals surface area contributed by atoms with E-state index in [-0.39, 0.29) is 5.88 Å². The molecular weight excluding hydrogens is 332 g/mol. The second kappa shape index (κ2) is 6.52. The van der Waals surface area contributed by atoms with Gasteiger partial charge in [-0.15, -0.1) is 22.9 Å². The SMILES string of the molecule is O=S(=O)(c1ccsc1CCl)N1CCC(N2CCOCC2)C1. The molecular formula is C13H19ClN2O3S2. The van der Waals surface area contributed by atoms with Gasteiger partial charge >= 0.3 is 0 Å².